The Bertz CT molecular complexity index is 56.3. The van der Waals surface area contributed by atoms with Gasteiger partial charge in [-0.2, -0.15) is 0 Å². The minimum absolute atomic E-state index is 0. The maximum Gasteiger partial charge on any atom is 0.0409 e. The Labute approximate surface area is 193 Å². The first-order valence-corrected chi connectivity index (χ1v) is 10.8. The van der Waals surface area contributed by atoms with Gasteiger partial charge in [-0.1, -0.05) is 146 Å². The number of nitrogens with zero attached hydrogens (tertiary/aromatic N) is 2. The first-order chi connectivity index (χ1) is 11.7. The van der Waals surface area contributed by atoms with Crippen molar-refractivity contribution in [2.24, 2.45) is 8.73 Å². The van der Waals surface area contributed by atoms with Gasteiger partial charge in [0.2, 0.25) is 0 Å². The molecule has 0 atom stereocenters. The maximum atomic E-state index is 4.02. The Morgan fingerprint density at radius 1 is 0.407 bits per heavy atom. The van der Waals surface area contributed by atoms with Crippen LogP contribution in [0, 0.1) is 0 Å². The lowest BCUT2D eigenvalue weighted by Gasteiger charge is -1.48. The summed E-state index contributed by atoms with van der Waals surface area (Å²) in [4.78, 5) is 0. The van der Waals surface area contributed by atoms with E-state index in [1.54, 1.807) is 14.1 Å². The summed E-state index contributed by atoms with van der Waals surface area (Å²) in [6, 6.07) is 0. The topological polar surface area (TPSA) is 24.7 Å². The van der Waals surface area contributed by atoms with Gasteiger partial charge in [0.05, 0.1) is 0 Å². The summed E-state index contributed by atoms with van der Waals surface area (Å²) in [5.74, 6) is 0. The molecule has 4 heteroatoms. The van der Waals surface area contributed by atoms with Crippen molar-refractivity contribution in [2.45, 2.75) is 146 Å². The monoisotopic (exact) mass is 438 g/mol. The Morgan fingerprint density at radius 3 is 0.407 bits per heavy atom. The Hall–Kier alpha value is 0.0400. The maximum absolute atomic E-state index is 4.02. The summed E-state index contributed by atoms with van der Waals surface area (Å²) in [7, 11) is 3.13. The fourth-order valence-corrected chi connectivity index (χ4v) is 0. The molecular formula is C23H70N2S2. The van der Waals surface area contributed by atoms with Crippen LogP contribution in [0.5, 0.6) is 0 Å². The zero-order chi connectivity index (χ0) is 22.8. The molecule has 0 aliphatic rings. The molecule has 0 heterocycles. The van der Waals surface area contributed by atoms with E-state index < -0.39 is 0 Å². The molecule has 0 N–H and O–H groups in total. The van der Waals surface area contributed by atoms with Gasteiger partial charge in [0, 0.05) is 38.9 Å². The van der Waals surface area contributed by atoms with Crippen LogP contribution in [0.25, 0.3) is 0 Å². The molecule has 0 aromatic heterocycles. The van der Waals surface area contributed by atoms with Gasteiger partial charge in [-0.3, -0.25) is 0 Å². The largest absolute Gasteiger partial charge is 0.223 e. The standard InChI is InChI=1S/2C3H8.6C2H6.2CH3NS.3CH4/c2*1-3-2;6*1-2;2*1-2-3;;;/h2*3H2,1-2H3;6*1-2H3;2*1H3;3*1H4. The van der Waals surface area contributed by atoms with Gasteiger partial charge in [0.25, 0.3) is 0 Å². The zero-order valence-corrected chi connectivity index (χ0v) is 22.8. The van der Waals surface area contributed by atoms with Crippen molar-refractivity contribution in [1.82, 2.24) is 0 Å². The highest BCUT2D eigenvalue weighted by atomic mass is 32.1. The van der Waals surface area contributed by atoms with Gasteiger partial charge in [-0.05, 0) is 0 Å². The summed E-state index contributed by atoms with van der Waals surface area (Å²) in [6.07, 6.45) is 2.50. The van der Waals surface area contributed by atoms with Crippen molar-refractivity contribution in [3.05, 3.63) is 0 Å². The predicted octanol–water partition coefficient (Wildman–Crippen LogP) is 11.6. The first-order valence-electron chi connectivity index (χ1n) is 10.1. The van der Waals surface area contributed by atoms with Crippen LogP contribution in [-0.4, -0.2) is 14.1 Å². The molecule has 0 rings (SSSR count). The van der Waals surface area contributed by atoms with E-state index in [-0.39, 0.29) is 22.3 Å². The van der Waals surface area contributed by atoms with Crippen LogP contribution in [0.4, 0.5) is 0 Å². The molecule has 27 heavy (non-hydrogen) atoms. The van der Waals surface area contributed by atoms with Crippen molar-refractivity contribution in [2.75, 3.05) is 14.1 Å². The van der Waals surface area contributed by atoms with Gasteiger partial charge >= 0.3 is 0 Å². The van der Waals surface area contributed by atoms with Gasteiger partial charge in [0.15, 0.2) is 0 Å². The Morgan fingerprint density at radius 2 is 0.407 bits per heavy atom. The quantitative estimate of drug-likeness (QED) is 0.375. The summed E-state index contributed by atoms with van der Waals surface area (Å²) in [5, 5.41) is 0. The highest BCUT2D eigenvalue weighted by molar-refractivity contribution is 7.47. The van der Waals surface area contributed by atoms with Crippen molar-refractivity contribution in [3.8, 4) is 0 Å². The number of hydrogen-bond acceptors (Lipinski definition) is 4. The molecule has 0 unspecified atom stereocenters. The second-order valence-electron chi connectivity index (χ2n) is 1.78. The van der Waals surface area contributed by atoms with Crippen LogP contribution in [0.15, 0.2) is 8.73 Å². The molecular weight excluding hydrogens is 368 g/mol. The third-order valence-corrected chi connectivity index (χ3v) is 0. The van der Waals surface area contributed by atoms with E-state index in [4.69, 9.17) is 0 Å². The zero-order valence-electron chi connectivity index (χ0n) is 21.1. The molecule has 0 spiro atoms. The van der Waals surface area contributed by atoms with Gasteiger partial charge in [-0.25, -0.2) is 8.73 Å². The molecule has 0 saturated carbocycles. The predicted molar refractivity (Wildman–Crippen MR) is 152 cm³/mol. The fraction of sp³-hybridized carbons (Fsp3) is 1.00. The lowest BCUT2D eigenvalue weighted by atomic mass is 10.6. The Kier molecular flexibility index (Phi) is 3450. The molecule has 2 nitrogen and oxygen atoms in total. The summed E-state index contributed by atoms with van der Waals surface area (Å²) < 4.78 is 6.17. The summed E-state index contributed by atoms with van der Waals surface area (Å²) >= 11 is 8.04. The van der Waals surface area contributed by atoms with E-state index in [2.05, 4.69) is 61.3 Å². The SMILES string of the molecule is C.C.C.CC.CC.CC.CC.CC.CC.CCC.CCC.CN=S.CN=S. The van der Waals surface area contributed by atoms with Crippen molar-refractivity contribution >= 4 is 24.9 Å². The smallest absolute Gasteiger partial charge is 0.0409 e. The molecule has 0 aliphatic carbocycles. The molecule has 0 aromatic carbocycles. The average molecular weight is 439 g/mol. The van der Waals surface area contributed by atoms with E-state index in [0.29, 0.717) is 0 Å². The summed E-state index contributed by atoms with van der Waals surface area (Å²) in [5.41, 5.74) is 0. The fourth-order valence-electron chi connectivity index (χ4n) is 0. The normalized spacial score (nSPS) is 3.63. The van der Waals surface area contributed by atoms with Gasteiger partial charge in [-0.15, -0.1) is 0 Å². The Balaban J connectivity index is -0.00000000730. The molecule has 184 valence electrons. The second-order valence-corrected chi connectivity index (χ2v) is 2.51. The molecule has 0 aromatic rings. The lowest BCUT2D eigenvalue weighted by molar-refractivity contribution is 1.09. The molecule has 0 radical (unpaired) electrons. The minimum Gasteiger partial charge on any atom is -0.223 e. The molecule has 0 amide bonds. The molecule has 0 fully saturated rings. The van der Waals surface area contributed by atoms with E-state index in [0.717, 1.165) is 0 Å². The van der Waals surface area contributed by atoms with Gasteiger partial charge in [0.1, 0.15) is 0 Å². The summed E-state index contributed by atoms with van der Waals surface area (Å²) in [6.45, 7) is 32.5. The van der Waals surface area contributed by atoms with Crippen molar-refractivity contribution in [1.29, 1.82) is 0 Å². The number of hydrogen-bond donors (Lipinski definition) is 0. The van der Waals surface area contributed by atoms with Crippen LogP contribution >= 0.6 is 0 Å². The highest BCUT2D eigenvalue weighted by Crippen LogP contribution is 1.56. The van der Waals surface area contributed by atoms with Gasteiger partial charge < -0.3 is 0 Å². The van der Waals surface area contributed by atoms with E-state index >= 15 is 0 Å². The van der Waals surface area contributed by atoms with Crippen LogP contribution in [0.2, 0.25) is 0 Å². The average Bonchev–Trinajstić information content (AvgIpc) is 2.67. The van der Waals surface area contributed by atoms with Crippen molar-refractivity contribution < 1.29 is 0 Å². The van der Waals surface area contributed by atoms with Crippen molar-refractivity contribution in [3.63, 3.8) is 0 Å². The van der Waals surface area contributed by atoms with Crippen LogP contribution in [0.1, 0.15) is 146 Å². The third kappa shape index (κ3) is 9410000. The third-order valence-electron chi connectivity index (χ3n) is 0. The van der Waals surface area contributed by atoms with E-state index in [9.17, 15) is 0 Å². The molecule has 0 saturated heterocycles. The van der Waals surface area contributed by atoms with Crippen LogP contribution in [-0.2, 0) is 24.9 Å². The first kappa shape index (κ1) is 93.0. The minimum atomic E-state index is 0. The number of rotatable bonds is 0. The molecule has 0 bridgehead atoms. The highest BCUT2D eigenvalue weighted by Gasteiger charge is 1.36. The second kappa shape index (κ2) is 1000. The van der Waals surface area contributed by atoms with E-state index in [1.165, 1.54) is 12.8 Å². The van der Waals surface area contributed by atoms with Crippen LogP contribution < -0.4 is 0 Å². The van der Waals surface area contributed by atoms with Crippen LogP contribution in [0.3, 0.4) is 0 Å². The van der Waals surface area contributed by atoms with E-state index in [1.807, 2.05) is 83.1 Å². The lowest BCUT2D eigenvalue weighted by Crippen LogP contribution is -1.27. The molecule has 0 aliphatic heterocycles.